The predicted octanol–water partition coefficient (Wildman–Crippen LogP) is 1.28. The number of aliphatic carboxylic acids is 1. The Morgan fingerprint density at radius 2 is 1.74 bits per heavy atom. The molecule has 0 saturated carbocycles. The molecular formula is C13H17NO5. The highest BCUT2D eigenvalue weighted by atomic mass is 16.4. The van der Waals surface area contributed by atoms with Gasteiger partial charge in [0.1, 0.15) is 23.6 Å². The van der Waals surface area contributed by atoms with Gasteiger partial charge >= 0.3 is 5.97 Å². The molecule has 0 unspecified atom stereocenters. The highest BCUT2D eigenvalue weighted by Crippen LogP contribution is 2.27. The molecule has 6 heteroatoms. The van der Waals surface area contributed by atoms with Crippen LogP contribution in [0.3, 0.4) is 0 Å². The van der Waals surface area contributed by atoms with Crippen molar-refractivity contribution in [2.45, 2.75) is 13.8 Å². The fourth-order valence-electron chi connectivity index (χ4n) is 1.73. The van der Waals surface area contributed by atoms with Gasteiger partial charge in [-0.3, -0.25) is 9.59 Å². The first kappa shape index (κ1) is 14.8. The number of phenolic OH excluding ortho intramolecular Hbond substituents is 2. The van der Waals surface area contributed by atoms with Gasteiger partial charge in [0, 0.05) is 6.54 Å². The van der Waals surface area contributed by atoms with E-state index in [2.05, 4.69) is 0 Å². The van der Waals surface area contributed by atoms with E-state index in [1.807, 2.05) is 13.8 Å². The molecule has 0 heterocycles. The molecule has 0 spiro atoms. The summed E-state index contributed by atoms with van der Waals surface area (Å²) in [4.78, 5) is 24.1. The Labute approximate surface area is 110 Å². The Bertz CT molecular complexity index is 464. The number of carboxylic acids is 1. The smallest absolute Gasteiger partial charge is 0.323 e. The molecule has 1 rings (SSSR count). The second-order valence-electron chi connectivity index (χ2n) is 4.64. The number of carboxylic acid groups (broad SMARTS) is 1. The average molecular weight is 267 g/mol. The number of hydrogen-bond acceptors (Lipinski definition) is 4. The maximum Gasteiger partial charge on any atom is 0.323 e. The first-order valence-electron chi connectivity index (χ1n) is 5.85. The number of nitrogens with zero attached hydrogens (tertiary/aromatic N) is 1. The van der Waals surface area contributed by atoms with Crippen molar-refractivity contribution in [1.29, 1.82) is 0 Å². The highest BCUT2D eigenvalue weighted by molar-refractivity contribution is 6.00. The molecule has 0 aliphatic rings. The molecule has 6 nitrogen and oxygen atoms in total. The monoisotopic (exact) mass is 267 g/mol. The number of aromatic hydroxyl groups is 2. The zero-order chi connectivity index (χ0) is 14.6. The molecular weight excluding hydrogens is 250 g/mol. The fourth-order valence-corrected chi connectivity index (χ4v) is 1.73. The third kappa shape index (κ3) is 3.87. The van der Waals surface area contributed by atoms with E-state index in [9.17, 15) is 19.8 Å². The van der Waals surface area contributed by atoms with Gasteiger partial charge in [-0.1, -0.05) is 19.9 Å². The molecule has 1 aromatic rings. The largest absolute Gasteiger partial charge is 0.507 e. The topological polar surface area (TPSA) is 98.1 Å². The van der Waals surface area contributed by atoms with E-state index in [1.165, 1.54) is 18.2 Å². The molecule has 1 amide bonds. The van der Waals surface area contributed by atoms with Gasteiger partial charge in [0.25, 0.3) is 5.91 Å². The Morgan fingerprint density at radius 1 is 1.21 bits per heavy atom. The minimum Gasteiger partial charge on any atom is -0.507 e. The fraction of sp³-hybridized carbons (Fsp3) is 0.385. The van der Waals surface area contributed by atoms with Gasteiger partial charge in [0.15, 0.2) is 0 Å². The summed E-state index contributed by atoms with van der Waals surface area (Å²) in [6.07, 6.45) is 0. The van der Waals surface area contributed by atoms with Crippen LogP contribution >= 0.6 is 0 Å². The van der Waals surface area contributed by atoms with Crippen molar-refractivity contribution in [1.82, 2.24) is 4.90 Å². The van der Waals surface area contributed by atoms with E-state index < -0.39 is 18.4 Å². The Morgan fingerprint density at radius 3 is 2.16 bits per heavy atom. The van der Waals surface area contributed by atoms with Crippen LogP contribution in [0.25, 0.3) is 0 Å². The average Bonchev–Trinajstić information content (AvgIpc) is 2.26. The number of benzene rings is 1. The van der Waals surface area contributed by atoms with Gasteiger partial charge in [-0.25, -0.2) is 0 Å². The van der Waals surface area contributed by atoms with Gasteiger partial charge in [-0.05, 0) is 18.1 Å². The number of carbonyl (C=O) groups excluding carboxylic acids is 1. The molecule has 0 atom stereocenters. The van der Waals surface area contributed by atoms with Crippen molar-refractivity contribution < 1.29 is 24.9 Å². The molecule has 0 saturated heterocycles. The standard InChI is InChI=1S/C13H17NO5/c1-8(2)6-14(7-11(17)18)13(19)12-9(15)4-3-5-10(12)16/h3-5,8,15-16H,6-7H2,1-2H3,(H,17,18). The quantitative estimate of drug-likeness (QED) is 0.746. The van der Waals surface area contributed by atoms with E-state index in [0.717, 1.165) is 4.90 Å². The van der Waals surface area contributed by atoms with E-state index in [-0.39, 0.29) is 29.5 Å². The van der Waals surface area contributed by atoms with Gasteiger partial charge in [-0.15, -0.1) is 0 Å². The summed E-state index contributed by atoms with van der Waals surface area (Å²) in [5.74, 6) is -2.53. The van der Waals surface area contributed by atoms with Gasteiger partial charge < -0.3 is 20.2 Å². The van der Waals surface area contributed by atoms with Crippen molar-refractivity contribution in [3.8, 4) is 11.5 Å². The van der Waals surface area contributed by atoms with Gasteiger partial charge in [0.05, 0.1) is 0 Å². The zero-order valence-electron chi connectivity index (χ0n) is 10.8. The Balaban J connectivity index is 3.08. The summed E-state index contributed by atoms with van der Waals surface area (Å²) in [6.45, 7) is 3.42. The summed E-state index contributed by atoms with van der Waals surface area (Å²) in [7, 11) is 0. The minimum atomic E-state index is -1.15. The van der Waals surface area contributed by atoms with Crippen molar-refractivity contribution >= 4 is 11.9 Å². The van der Waals surface area contributed by atoms with Crippen LogP contribution in [0, 0.1) is 5.92 Å². The lowest BCUT2D eigenvalue weighted by Crippen LogP contribution is -2.38. The van der Waals surface area contributed by atoms with Crippen LogP contribution in [0.1, 0.15) is 24.2 Å². The van der Waals surface area contributed by atoms with Crippen molar-refractivity contribution in [3.05, 3.63) is 23.8 Å². The molecule has 0 radical (unpaired) electrons. The molecule has 0 fully saturated rings. The molecule has 0 aliphatic carbocycles. The number of phenols is 2. The zero-order valence-corrected chi connectivity index (χ0v) is 10.8. The molecule has 0 bridgehead atoms. The first-order chi connectivity index (χ1) is 8.82. The van der Waals surface area contributed by atoms with Crippen LogP contribution in [0.5, 0.6) is 11.5 Å². The number of rotatable bonds is 5. The second-order valence-corrected chi connectivity index (χ2v) is 4.64. The van der Waals surface area contributed by atoms with Crippen molar-refractivity contribution in [3.63, 3.8) is 0 Å². The van der Waals surface area contributed by atoms with E-state index >= 15 is 0 Å². The lowest BCUT2D eigenvalue weighted by atomic mass is 10.1. The molecule has 3 N–H and O–H groups in total. The SMILES string of the molecule is CC(C)CN(CC(=O)O)C(=O)c1c(O)cccc1O. The van der Waals surface area contributed by atoms with Gasteiger partial charge in [0.2, 0.25) is 0 Å². The number of amides is 1. The highest BCUT2D eigenvalue weighted by Gasteiger charge is 2.24. The Hall–Kier alpha value is -2.24. The third-order valence-electron chi connectivity index (χ3n) is 2.43. The maximum atomic E-state index is 12.2. The predicted molar refractivity (Wildman–Crippen MR) is 68.1 cm³/mol. The molecule has 104 valence electrons. The van der Waals surface area contributed by atoms with Crippen LogP contribution in [-0.2, 0) is 4.79 Å². The summed E-state index contributed by atoms with van der Waals surface area (Å²) in [5.41, 5.74) is -0.274. The Kier molecular flexibility index (Phi) is 4.74. The molecule has 1 aromatic carbocycles. The van der Waals surface area contributed by atoms with E-state index in [1.54, 1.807) is 0 Å². The molecule has 0 aliphatic heterocycles. The lowest BCUT2D eigenvalue weighted by molar-refractivity contribution is -0.137. The van der Waals surface area contributed by atoms with E-state index in [0.29, 0.717) is 0 Å². The van der Waals surface area contributed by atoms with Crippen LogP contribution in [0.2, 0.25) is 0 Å². The summed E-state index contributed by atoms with van der Waals surface area (Å²) in [6, 6.07) is 3.92. The third-order valence-corrected chi connectivity index (χ3v) is 2.43. The van der Waals surface area contributed by atoms with Crippen LogP contribution in [0.15, 0.2) is 18.2 Å². The van der Waals surface area contributed by atoms with Gasteiger partial charge in [-0.2, -0.15) is 0 Å². The molecule has 19 heavy (non-hydrogen) atoms. The van der Waals surface area contributed by atoms with Crippen LogP contribution in [-0.4, -0.2) is 45.2 Å². The van der Waals surface area contributed by atoms with Crippen molar-refractivity contribution in [2.24, 2.45) is 5.92 Å². The maximum absolute atomic E-state index is 12.2. The number of carbonyl (C=O) groups is 2. The summed E-state index contributed by atoms with van der Waals surface area (Å²) >= 11 is 0. The lowest BCUT2D eigenvalue weighted by Gasteiger charge is -2.23. The van der Waals surface area contributed by atoms with E-state index in [4.69, 9.17) is 5.11 Å². The van der Waals surface area contributed by atoms with Crippen molar-refractivity contribution in [2.75, 3.05) is 13.1 Å². The normalized spacial score (nSPS) is 10.5. The molecule has 0 aromatic heterocycles. The van der Waals surface area contributed by atoms with Crippen LogP contribution < -0.4 is 0 Å². The van der Waals surface area contributed by atoms with Crippen LogP contribution in [0.4, 0.5) is 0 Å². The first-order valence-corrected chi connectivity index (χ1v) is 5.85. The summed E-state index contributed by atoms with van der Waals surface area (Å²) in [5, 5.41) is 28.1. The minimum absolute atomic E-state index is 0.0660. The summed E-state index contributed by atoms with van der Waals surface area (Å²) < 4.78 is 0. The number of hydrogen-bond donors (Lipinski definition) is 3. The second kappa shape index (κ2) is 6.08.